The van der Waals surface area contributed by atoms with Crippen LogP contribution in [0.4, 0.5) is 0 Å². The number of aryl methyl sites for hydroxylation is 3. The van der Waals surface area contributed by atoms with Crippen LogP contribution >= 0.6 is 123 Å². The summed E-state index contributed by atoms with van der Waals surface area (Å²) in [5, 5.41) is 14.2. The first-order valence-corrected chi connectivity index (χ1v) is 41.2. The Morgan fingerprint density at radius 2 is 0.600 bits per heavy atom. The highest BCUT2D eigenvalue weighted by Gasteiger charge is 2.19. The molecule has 0 fully saturated rings. The Bertz CT molecular complexity index is 4040. The Morgan fingerprint density at radius 1 is 0.322 bits per heavy atom. The van der Waals surface area contributed by atoms with Gasteiger partial charge in [-0.3, -0.25) is 0 Å². The predicted molar refractivity (Wildman–Crippen MR) is 423 cm³/mol. The van der Waals surface area contributed by atoms with Crippen LogP contribution in [-0.2, 0) is 19.3 Å². The highest BCUT2D eigenvalue weighted by atomic mass is 79.9. The van der Waals surface area contributed by atoms with E-state index in [-0.39, 0.29) is 7.43 Å². The van der Waals surface area contributed by atoms with Gasteiger partial charge in [0.15, 0.2) is 0 Å². The van der Waals surface area contributed by atoms with E-state index in [2.05, 4.69) is 162 Å². The van der Waals surface area contributed by atoms with E-state index in [1.807, 2.05) is 103 Å². The van der Waals surface area contributed by atoms with Gasteiger partial charge in [0.1, 0.15) is 0 Å². The number of benzene rings is 5. The van der Waals surface area contributed by atoms with Gasteiger partial charge in [0, 0.05) is 50.1 Å². The maximum Gasteiger partial charge on any atom is 0.569 e. The first kappa shape index (κ1) is 69.4. The highest BCUT2D eigenvalue weighted by Crippen LogP contribution is 2.52. The zero-order chi connectivity index (χ0) is 61.3. The van der Waals surface area contributed by atoms with Crippen molar-refractivity contribution in [2.45, 2.75) is 202 Å². The molecule has 2 nitrogen and oxygen atoms in total. The summed E-state index contributed by atoms with van der Waals surface area (Å²) in [6.45, 7) is 6.85. The molecule has 0 saturated heterocycles. The van der Waals surface area contributed by atoms with Crippen LogP contribution in [0.25, 0.3) is 98.8 Å². The van der Waals surface area contributed by atoms with Crippen LogP contribution < -0.4 is 4.65 Å². The lowest BCUT2D eigenvalue weighted by Crippen LogP contribution is -1.99. The molecule has 0 aliphatic rings. The van der Waals surface area contributed by atoms with E-state index in [0.717, 1.165) is 6.42 Å². The number of halogens is 2. The van der Waals surface area contributed by atoms with E-state index in [0.29, 0.717) is 13.4 Å². The van der Waals surface area contributed by atoms with Gasteiger partial charge >= 0.3 is 7.69 Å². The summed E-state index contributed by atoms with van der Waals surface area (Å²) in [6, 6.07) is 45.5. The van der Waals surface area contributed by atoms with Crippen LogP contribution in [0.3, 0.4) is 0 Å². The third-order valence-electron chi connectivity index (χ3n) is 17.3. The monoisotopic (exact) mass is 1470 g/mol. The topological polar surface area (TPSA) is 29.5 Å². The van der Waals surface area contributed by atoms with Crippen LogP contribution in [0.2, 0.25) is 0 Å². The molecule has 0 aliphatic heterocycles. The van der Waals surface area contributed by atoms with Crippen LogP contribution in [0.15, 0.2) is 129 Å². The van der Waals surface area contributed by atoms with Gasteiger partial charge in [0.2, 0.25) is 0 Å². The molecule has 0 saturated carbocycles. The zero-order valence-electron chi connectivity index (χ0n) is 52.1. The molecule has 1 N–H and O–H groups in total. The number of fused-ring (bicyclic) bond motifs is 14. The van der Waals surface area contributed by atoms with Crippen LogP contribution in [0, 0.1) is 0 Å². The lowest BCUT2D eigenvalue weighted by atomic mass is 10.0. The molecule has 1 radical (unpaired) electrons. The largest absolute Gasteiger partial charge is 0.569 e. The molecule has 0 unspecified atom stereocenters. The van der Waals surface area contributed by atoms with E-state index < -0.39 is 0 Å². The molecule has 0 amide bonds. The van der Waals surface area contributed by atoms with E-state index in [1.54, 1.807) is 0 Å². The summed E-state index contributed by atoms with van der Waals surface area (Å²) in [5.74, 6) is 0.683. The SMILES string of the molecule is Brc1cc2sc3c(ccc4c5sc(Br)cc5sc43)c2s1.C.CCCCCCCCCCc1ccc(-c2cc3sc4c(ccc5c6sc(-c7ccc(CCCCCCCCCC)cc7)cc6sc54)c3s2)cc1.CCCCCCCCCCc1ccc(O[B]O)cc1. The average molecular weight is 1470 g/mol. The second-order valence-electron chi connectivity index (χ2n) is 24.1. The minimum Gasteiger partial charge on any atom is -0.537 e. The van der Waals surface area contributed by atoms with Crippen molar-refractivity contribution in [1.29, 1.82) is 0 Å². The minimum atomic E-state index is 0. The average Bonchev–Trinajstić information content (AvgIpc) is 1.59. The molecule has 13 aromatic rings. The van der Waals surface area contributed by atoms with Gasteiger partial charge in [-0.2, -0.15) is 0 Å². The van der Waals surface area contributed by atoms with Crippen molar-refractivity contribution in [2.24, 2.45) is 0 Å². The molecule has 5 aromatic carbocycles. The number of unbranched alkanes of at least 4 members (excludes halogenated alkanes) is 21. The van der Waals surface area contributed by atoms with Gasteiger partial charge in [0.25, 0.3) is 0 Å². The third-order valence-corrected chi connectivity index (χ3v) is 28.6. The third kappa shape index (κ3) is 17.9. The van der Waals surface area contributed by atoms with Gasteiger partial charge in [-0.25, -0.2) is 0 Å². The number of thiophene rings is 8. The number of hydrogen-bond acceptors (Lipinski definition) is 10. The summed E-state index contributed by atoms with van der Waals surface area (Å²) in [6.07, 6.45) is 36.6. The van der Waals surface area contributed by atoms with E-state index in [4.69, 9.17) is 9.68 Å². The second kappa shape index (κ2) is 35.4. The molecule has 13 heteroatoms. The minimum absolute atomic E-state index is 0. The van der Waals surface area contributed by atoms with Gasteiger partial charge in [0.05, 0.1) is 50.9 Å². The lowest BCUT2D eigenvalue weighted by Gasteiger charge is -2.04. The molecular weight excluding hydrogens is 1380 g/mol. The summed E-state index contributed by atoms with van der Waals surface area (Å²) in [7, 11) is 0.716. The summed E-state index contributed by atoms with van der Waals surface area (Å²) in [5.41, 5.74) is 7.03. The molecule has 0 atom stereocenters. The van der Waals surface area contributed by atoms with Crippen molar-refractivity contribution in [3.8, 4) is 26.6 Å². The van der Waals surface area contributed by atoms with Crippen molar-refractivity contribution >= 4 is 208 Å². The van der Waals surface area contributed by atoms with Gasteiger partial charge < -0.3 is 9.68 Å². The summed E-state index contributed by atoms with van der Waals surface area (Å²) < 4.78 is 24.5. The molecule has 13 rings (SSSR count). The van der Waals surface area contributed by atoms with Crippen molar-refractivity contribution in [3.05, 3.63) is 146 Å². The first-order valence-electron chi connectivity index (χ1n) is 33.1. The van der Waals surface area contributed by atoms with Crippen molar-refractivity contribution in [2.75, 3.05) is 0 Å². The van der Waals surface area contributed by atoms with E-state index in [1.165, 1.54) is 290 Å². The first-order chi connectivity index (χ1) is 43.8. The van der Waals surface area contributed by atoms with Crippen LogP contribution in [0.1, 0.15) is 199 Å². The fourth-order valence-electron chi connectivity index (χ4n) is 12.3. The lowest BCUT2D eigenvalue weighted by molar-refractivity contribution is 0.453. The summed E-state index contributed by atoms with van der Waals surface area (Å²) >= 11 is 22.6. The normalized spacial score (nSPS) is 11.7. The van der Waals surface area contributed by atoms with Crippen molar-refractivity contribution < 1.29 is 9.68 Å². The highest BCUT2D eigenvalue weighted by molar-refractivity contribution is 9.11. The summed E-state index contributed by atoms with van der Waals surface area (Å²) in [4.78, 5) is 2.79. The van der Waals surface area contributed by atoms with Crippen LogP contribution in [0.5, 0.6) is 5.75 Å². The zero-order valence-corrected chi connectivity index (χ0v) is 61.8. The number of rotatable bonds is 31. The fourth-order valence-corrected chi connectivity index (χ4v) is 24.2. The molecule has 473 valence electrons. The molecule has 8 heterocycles. The van der Waals surface area contributed by atoms with Gasteiger partial charge in [-0.05, 0) is 135 Å². The van der Waals surface area contributed by atoms with Gasteiger partial charge in [-0.1, -0.05) is 248 Å². The second-order valence-corrected chi connectivity index (χ2v) is 35.3. The Kier molecular flexibility index (Phi) is 27.3. The molecular formula is C77H88BBr2O2S8. The molecule has 90 heavy (non-hydrogen) atoms. The van der Waals surface area contributed by atoms with Gasteiger partial charge in [-0.15, -0.1) is 90.7 Å². The van der Waals surface area contributed by atoms with E-state index >= 15 is 0 Å². The molecule has 0 aliphatic carbocycles. The standard InChI is InChI=1S/C46H54S4.C16H26BO2.C14H4Br2S4.CH4/c1-3-5-7-9-11-13-15-17-19-33-21-25-35(26-22-33)39-31-41-43(47-39)37-29-30-38-44-42(50-46(38)45(37)49-41)32-40(48-44)36-27-23-34(24-28-36)20-18-16-14-12-10-8-6-4-2;1-2-3-4-5-6-7-8-9-10-15-11-13-16(14-12-15)19-17-18;15-9-3-7-11(19-9)5-1-2-6-12-8(4-10(16)20-12)18-14(6)13(5)17-7;/h21-32H,3-20H2,1-2H3;11-14,18H,2-10H2,1H3;1-4H;1H4. The molecule has 0 bridgehead atoms. The van der Waals surface area contributed by atoms with Crippen molar-refractivity contribution in [3.63, 3.8) is 0 Å². The fraction of sp³-hybridized carbons (Fsp3) is 0.403. The predicted octanol–water partition coefficient (Wildman–Crippen LogP) is 30.2. The Hall–Kier alpha value is -3.44. The molecule has 0 spiro atoms. The van der Waals surface area contributed by atoms with E-state index in [9.17, 15) is 0 Å². The quantitative estimate of drug-likeness (QED) is 0.0347. The van der Waals surface area contributed by atoms with Crippen LogP contribution in [-0.4, -0.2) is 12.7 Å². The van der Waals surface area contributed by atoms with Crippen molar-refractivity contribution in [1.82, 2.24) is 0 Å². The maximum atomic E-state index is 8.52. The Morgan fingerprint density at radius 3 is 0.911 bits per heavy atom. The Balaban J connectivity index is 0.000000181. The molecule has 8 aromatic heterocycles. The number of hydrogen-bond donors (Lipinski definition) is 1. The maximum absolute atomic E-state index is 8.52. The Labute approximate surface area is 585 Å². The smallest absolute Gasteiger partial charge is 0.537 e.